The van der Waals surface area contributed by atoms with Crippen LogP contribution in [-0.4, -0.2) is 61.1 Å². The number of carbonyl (C=O) groups excluding carboxylic acids is 2. The summed E-state index contributed by atoms with van der Waals surface area (Å²) in [4.78, 5) is 27.9. The van der Waals surface area contributed by atoms with E-state index in [1.54, 1.807) is 7.11 Å². The van der Waals surface area contributed by atoms with Crippen LogP contribution in [0.5, 0.6) is 5.75 Å². The largest absolute Gasteiger partial charge is 0.497 e. The van der Waals surface area contributed by atoms with Crippen molar-refractivity contribution in [2.24, 2.45) is 5.73 Å². The zero-order valence-electron chi connectivity index (χ0n) is 15.8. The van der Waals surface area contributed by atoms with Crippen molar-refractivity contribution >= 4 is 11.9 Å². The molecule has 0 radical (unpaired) electrons. The maximum absolute atomic E-state index is 12.9. The molecule has 146 valence electrons. The highest BCUT2D eigenvalue weighted by Crippen LogP contribution is 2.42. The fourth-order valence-corrected chi connectivity index (χ4v) is 4.78. The second-order valence-corrected chi connectivity index (χ2v) is 7.63. The number of ether oxygens (including phenoxy) is 2. The van der Waals surface area contributed by atoms with Gasteiger partial charge in [-0.25, -0.2) is 4.79 Å². The Hall–Kier alpha value is -2.28. The third kappa shape index (κ3) is 3.14. The smallest absolute Gasteiger partial charge is 0.315 e. The summed E-state index contributed by atoms with van der Waals surface area (Å²) < 4.78 is 11.6. The fourth-order valence-electron chi connectivity index (χ4n) is 4.78. The number of likely N-dealkylation sites (tertiary alicyclic amines) is 2. The van der Waals surface area contributed by atoms with Gasteiger partial charge in [-0.1, -0.05) is 6.07 Å². The van der Waals surface area contributed by atoms with E-state index in [-0.39, 0.29) is 11.5 Å². The number of nitrogens with zero attached hydrogens (tertiary/aromatic N) is 2. The summed E-state index contributed by atoms with van der Waals surface area (Å²) in [5.74, 6) is 0.887. The Kier molecular flexibility index (Phi) is 4.72. The van der Waals surface area contributed by atoms with Crippen molar-refractivity contribution in [1.82, 2.24) is 9.80 Å². The quantitative estimate of drug-likeness (QED) is 0.854. The molecule has 0 aliphatic carbocycles. The number of hydrogen-bond acceptors (Lipinski definition) is 4. The number of nitrogens with two attached hydrogens (primary N) is 1. The number of methoxy groups -OCH3 is 1. The lowest BCUT2D eigenvalue weighted by molar-refractivity contribution is -0.144. The Morgan fingerprint density at radius 1 is 1.26 bits per heavy atom. The predicted octanol–water partition coefficient (Wildman–Crippen LogP) is 1.63. The first-order valence-corrected chi connectivity index (χ1v) is 9.70. The number of fused-ring (bicyclic) bond motifs is 2. The predicted molar refractivity (Wildman–Crippen MR) is 99.5 cm³/mol. The minimum atomic E-state index is -0.502. The molecule has 0 bridgehead atoms. The Morgan fingerprint density at radius 2 is 2.04 bits per heavy atom. The van der Waals surface area contributed by atoms with Crippen LogP contribution in [0.25, 0.3) is 0 Å². The highest BCUT2D eigenvalue weighted by Gasteiger charge is 2.44. The molecule has 3 aliphatic rings. The molecule has 1 aromatic rings. The van der Waals surface area contributed by atoms with Gasteiger partial charge in [0.2, 0.25) is 5.91 Å². The topological polar surface area (TPSA) is 85.1 Å². The molecule has 7 nitrogen and oxygen atoms in total. The molecular formula is C20H27N3O4. The van der Waals surface area contributed by atoms with E-state index in [0.717, 1.165) is 31.4 Å². The van der Waals surface area contributed by atoms with E-state index in [2.05, 4.69) is 12.1 Å². The molecule has 1 aromatic carbocycles. The minimum absolute atomic E-state index is 0.0203. The number of piperidine rings is 1. The molecule has 0 unspecified atom stereocenters. The number of hydrogen-bond donors (Lipinski definition) is 1. The first kappa shape index (κ1) is 18.1. The van der Waals surface area contributed by atoms with Gasteiger partial charge in [0.25, 0.3) is 0 Å². The van der Waals surface area contributed by atoms with Gasteiger partial charge in [0.05, 0.1) is 19.3 Å². The summed E-state index contributed by atoms with van der Waals surface area (Å²) in [6, 6.07) is 5.28. The van der Waals surface area contributed by atoms with Crippen molar-refractivity contribution in [3.05, 3.63) is 29.3 Å². The molecule has 2 N–H and O–H groups in total. The van der Waals surface area contributed by atoms with Gasteiger partial charge in [0.15, 0.2) is 0 Å². The lowest BCUT2D eigenvalue weighted by atomic mass is 9.79. The van der Waals surface area contributed by atoms with Crippen LogP contribution in [0, 0.1) is 0 Å². The Morgan fingerprint density at radius 3 is 2.74 bits per heavy atom. The van der Waals surface area contributed by atoms with Crippen molar-refractivity contribution < 1.29 is 19.1 Å². The number of carbonyl (C=O) groups is 2. The first-order chi connectivity index (χ1) is 13.0. The van der Waals surface area contributed by atoms with Crippen LogP contribution < -0.4 is 10.5 Å². The SMILES string of the molecule is COc1ccc2c(c1)CCOC21CCN(C(=O)[C@@H]2CCCN2C(N)=O)CC1. The van der Waals surface area contributed by atoms with Crippen molar-refractivity contribution in [3.8, 4) is 5.75 Å². The maximum atomic E-state index is 12.9. The van der Waals surface area contributed by atoms with Gasteiger partial charge in [-0.15, -0.1) is 0 Å². The number of urea groups is 1. The van der Waals surface area contributed by atoms with Gasteiger partial charge in [0.1, 0.15) is 11.8 Å². The zero-order chi connectivity index (χ0) is 19.0. The van der Waals surface area contributed by atoms with E-state index in [9.17, 15) is 9.59 Å². The van der Waals surface area contributed by atoms with Crippen LogP contribution in [0.15, 0.2) is 18.2 Å². The minimum Gasteiger partial charge on any atom is -0.497 e. The maximum Gasteiger partial charge on any atom is 0.315 e. The Balaban J connectivity index is 1.48. The average molecular weight is 373 g/mol. The molecule has 2 saturated heterocycles. The second kappa shape index (κ2) is 7.03. The molecule has 7 heteroatoms. The monoisotopic (exact) mass is 373 g/mol. The van der Waals surface area contributed by atoms with E-state index in [1.807, 2.05) is 11.0 Å². The number of amides is 3. The molecular weight excluding hydrogens is 346 g/mol. The van der Waals surface area contributed by atoms with Crippen molar-refractivity contribution in [3.63, 3.8) is 0 Å². The molecule has 1 spiro atoms. The molecule has 1 atom stereocenters. The van der Waals surface area contributed by atoms with Gasteiger partial charge in [0, 0.05) is 19.6 Å². The molecule has 3 aliphatic heterocycles. The van der Waals surface area contributed by atoms with Crippen LogP contribution in [0.4, 0.5) is 4.79 Å². The van der Waals surface area contributed by atoms with Gasteiger partial charge < -0.3 is 25.0 Å². The molecule has 0 saturated carbocycles. The summed E-state index contributed by atoms with van der Waals surface area (Å²) in [7, 11) is 1.68. The summed E-state index contributed by atoms with van der Waals surface area (Å²) in [5, 5.41) is 0. The van der Waals surface area contributed by atoms with Crippen molar-refractivity contribution in [2.45, 2.75) is 43.7 Å². The third-order valence-electron chi connectivity index (χ3n) is 6.26. The third-order valence-corrected chi connectivity index (χ3v) is 6.26. The highest BCUT2D eigenvalue weighted by molar-refractivity contribution is 5.87. The van der Waals surface area contributed by atoms with Crippen LogP contribution in [-0.2, 0) is 21.6 Å². The first-order valence-electron chi connectivity index (χ1n) is 9.70. The highest BCUT2D eigenvalue weighted by atomic mass is 16.5. The average Bonchev–Trinajstić information content (AvgIpc) is 3.18. The van der Waals surface area contributed by atoms with E-state index in [4.69, 9.17) is 15.2 Å². The van der Waals surface area contributed by atoms with Crippen LogP contribution in [0.3, 0.4) is 0 Å². The second-order valence-electron chi connectivity index (χ2n) is 7.63. The molecule has 2 fully saturated rings. The molecule has 4 rings (SSSR count). The molecule has 3 heterocycles. The van der Waals surface area contributed by atoms with E-state index >= 15 is 0 Å². The summed E-state index contributed by atoms with van der Waals surface area (Å²) >= 11 is 0. The lowest BCUT2D eigenvalue weighted by Crippen LogP contribution is -2.54. The van der Waals surface area contributed by atoms with Crippen LogP contribution >= 0.6 is 0 Å². The van der Waals surface area contributed by atoms with Gasteiger partial charge >= 0.3 is 6.03 Å². The molecule has 3 amide bonds. The normalized spacial score (nSPS) is 24.0. The lowest BCUT2D eigenvalue weighted by Gasteiger charge is -2.45. The standard InChI is InChI=1S/C20H27N3O4/c1-26-15-4-5-16-14(13-15)6-12-27-20(16)7-10-22(11-8-20)18(24)17-3-2-9-23(17)19(21)25/h4-5,13,17H,2-3,6-12H2,1H3,(H2,21,25)/t17-/m0/s1. The van der Waals surface area contributed by atoms with Gasteiger partial charge in [-0.05, 0) is 55.4 Å². The Labute approximate surface area is 159 Å². The van der Waals surface area contributed by atoms with E-state index in [0.29, 0.717) is 32.7 Å². The summed E-state index contributed by atoms with van der Waals surface area (Å²) in [6.45, 7) is 2.52. The van der Waals surface area contributed by atoms with Crippen LogP contribution in [0.1, 0.15) is 36.8 Å². The number of benzene rings is 1. The summed E-state index contributed by atoms with van der Waals surface area (Å²) in [6.07, 6.45) is 3.94. The van der Waals surface area contributed by atoms with Gasteiger partial charge in [-0.2, -0.15) is 0 Å². The van der Waals surface area contributed by atoms with E-state index < -0.39 is 12.1 Å². The zero-order valence-corrected chi connectivity index (χ0v) is 15.8. The van der Waals surface area contributed by atoms with Crippen molar-refractivity contribution in [2.75, 3.05) is 33.4 Å². The van der Waals surface area contributed by atoms with Crippen LogP contribution in [0.2, 0.25) is 0 Å². The fraction of sp³-hybridized carbons (Fsp3) is 0.600. The van der Waals surface area contributed by atoms with E-state index in [1.165, 1.54) is 16.0 Å². The molecule has 27 heavy (non-hydrogen) atoms. The Bertz CT molecular complexity index is 743. The molecule has 0 aromatic heterocycles. The summed E-state index contributed by atoms with van der Waals surface area (Å²) in [5.41, 5.74) is 7.60. The number of rotatable bonds is 2. The van der Waals surface area contributed by atoms with Crippen molar-refractivity contribution in [1.29, 1.82) is 0 Å². The number of primary amides is 1. The van der Waals surface area contributed by atoms with Gasteiger partial charge in [-0.3, -0.25) is 4.79 Å².